The van der Waals surface area contributed by atoms with Crippen molar-refractivity contribution in [2.45, 2.75) is 58.3 Å². The Kier molecular flexibility index (Phi) is 6.46. The van der Waals surface area contributed by atoms with Gasteiger partial charge in [0.05, 0.1) is 0 Å². The summed E-state index contributed by atoms with van der Waals surface area (Å²) in [6.07, 6.45) is 3.58. The Morgan fingerprint density at radius 3 is 1.74 bits per heavy atom. The molecule has 3 aromatic carbocycles. The normalized spacial score (nSPS) is 13.0. The van der Waals surface area contributed by atoms with Crippen LogP contribution in [0.4, 0.5) is 0 Å². The SMILES string of the molecule is Cc1cc(C(C)(C)c2cccc(C(C)(C)c3ccc(O)c(C(C)c4ccncc4)c3)c2)ccc1O. The molecule has 0 radical (unpaired) electrons. The first-order valence-electron chi connectivity index (χ1n) is 12.2. The Labute approximate surface area is 209 Å². The second-order valence-corrected chi connectivity index (χ2v) is 10.6. The second-order valence-electron chi connectivity index (χ2n) is 10.6. The van der Waals surface area contributed by atoms with Gasteiger partial charge in [0.25, 0.3) is 0 Å². The fourth-order valence-corrected chi connectivity index (χ4v) is 4.80. The maximum Gasteiger partial charge on any atom is 0.119 e. The van der Waals surface area contributed by atoms with Crippen LogP contribution in [0.25, 0.3) is 0 Å². The van der Waals surface area contributed by atoms with Crippen molar-refractivity contribution in [2.24, 2.45) is 0 Å². The first-order valence-corrected chi connectivity index (χ1v) is 12.2. The van der Waals surface area contributed by atoms with Crippen molar-refractivity contribution < 1.29 is 10.2 Å². The van der Waals surface area contributed by atoms with Gasteiger partial charge in [-0.25, -0.2) is 0 Å². The Morgan fingerprint density at radius 2 is 1.17 bits per heavy atom. The minimum absolute atomic E-state index is 0.0525. The molecule has 1 heterocycles. The highest BCUT2D eigenvalue weighted by molar-refractivity contribution is 5.50. The predicted molar refractivity (Wildman–Crippen MR) is 143 cm³/mol. The maximum atomic E-state index is 10.7. The number of rotatable bonds is 6. The minimum atomic E-state index is -0.266. The number of hydrogen-bond acceptors (Lipinski definition) is 3. The smallest absolute Gasteiger partial charge is 0.119 e. The molecule has 1 unspecified atom stereocenters. The van der Waals surface area contributed by atoms with Crippen LogP contribution in [0.2, 0.25) is 0 Å². The van der Waals surface area contributed by atoms with Crippen LogP contribution in [0.15, 0.2) is 85.2 Å². The zero-order valence-electron chi connectivity index (χ0n) is 21.5. The molecule has 180 valence electrons. The van der Waals surface area contributed by atoms with E-state index in [4.69, 9.17) is 0 Å². The molecule has 4 aromatic rings. The van der Waals surface area contributed by atoms with Gasteiger partial charge in [0.2, 0.25) is 0 Å². The van der Waals surface area contributed by atoms with Gasteiger partial charge < -0.3 is 10.2 Å². The van der Waals surface area contributed by atoms with Crippen molar-refractivity contribution >= 4 is 0 Å². The molecule has 1 aromatic heterocycles. The molecule has 3 nitrogen and oxygen atoms in total. The summed E-state index contributed by atoms with van der Waals surface area (Å²) in [7, 11) is 0. The Bertz CT molecular complexity index is 1340. The van der Waals surface area contributed by atoms with Gasteiger partial charge in [-0.3, -0.25) is 4.98 Å². The maximum absolute atomic E-state index is 10.7. The lowest BCUT2D eigenvalue weighted by Crippen LogP contribution is -2.23. The first kappa shape index (κ1) is 24.5. The number of pyridine rings is 1. The third-order valence-electron chi connectivity index (χ3n) is 7.65. The van der Waals surface area contributed by atoms with Gasteiger partial charge in [-0.2, -0.15) is 0 Å². The van der Waals surface area contributed by atoms with Crippen molar-refractivity contribution in [1.82, 2.24) is 4.98 Å². The zero-order chi connectivity index (χ0) is 25.4. The summed E-state index contributed by atoms with van der Waals surface area (Å²) in [5.74, 6) is 0.687. The number of aromatic nitrogens is 1. The largest absolute Gasteiger partial charge is 0.508 e. The van der Waals surface area contributed by atoms with E-state index in [2.05, 4.69) is 76.0 Å². The van der Waals surface area contributed by atoms with Gasteiger partial charge in [-0.05, 0) is 64.6 Å². The second kappa shape index (κ2) is 9.22. The molecule has 0 amide bonds. The topological polar surface area (TPSA) is 53.4 Å². The van der Waals surface area contributed by atoms with Crippen LogP contribution in [0, 0.1) is 6.92 Å². The molecule has 35 heavy (non-hydrogen) atoms. The van der Waals surface area contributed by atoms with E-state index in [9.17, 15) is 10.2 Å². The highest BCUT2D eigenvalue weighted by Gasteiger charge is 2.29. The Hall–Kier alpha value is -3.59. The molecule has 4 rings (SSSR count). The summed E-state index contributed by atoms with van der Waals surface area (Å²) >= 11 is 0. The molecular formula is C32H35NO2. The van der Waals surface area contributed by atoms with E-state index in [0.29, 0.717) is 11.5 Å². The van der Waals surface area contributed by atoms with E-state index >= 15 is 0 Å². The van der Waals surface area contributed by atoms with Gasteiger partial charge in [0.15, 0.2) is 0 Å². The number of phenolic OH excluding ortho intramolecular Hbond substituents is 2. The molecule has 0 aliphatic heterocycles. The number of aromatic hydroxyl groups is 2. The summed E-state index contributed by atoms with van der Waals surface area (Å²) < 4.78 is 0. The zero-order valence-corrected chi connectivity index (χ0v) is 21.5. The molecule has 0 bridgehead atoms. The van der Waals surface area contributed by atoms with Crippen LogP contribution < -0.4 is 0 Å². The number of hydrogen-bond donors (Lipinski definition) is 2. The summed E-state index contributed by atoms with van der Waals surface area (Å²) in [5, 5.41) is 20.7. The molecule has 1 atom stereocenters. The summed E-state index contributed by atoms with van der Waals surface area (Å²) in [6, 6.07) is 24.6. The molecule has 0 saturated carbocycles. The van der Waals surface area contributed by atoms with Crippen LogP contribution in [0.3, 0.4) is 0 Å². The van der Waals surface area contributed by atoms with E-state index in [1.165, 1.54) is 16.7 Å². The molecule has 0 fully saturated rings. The fraction of sp³-hybridized carbons (Fsp3) is 0.281. The standard InChI is InChI=1S/C32H35NO2/c1-21-18-26(10-12-29(21)34)31(3,4)24-8-7-9-25(19-24)32(5,6)27-11-13-30(35)28(20-27)22(2)23-14-16-33-17-15-23/h7-20,22,34-35H,1-6H3. The van der Waals surface area contributed by atoms with E-state index < -0.39 is 0 Å². The van der Waals surface area contributed by atoms with Crippen LogP contribution in [-0.4, -0.2) is 15.2 Å². The van der Waals surface area contributed by atoms with Crippen molar-refractivity contribution in [3.8, 4) is 11.5 Å². The monoisotopic (exact) mass is 465 g/mol. The third kappa shape index (κ3) is 4.68. The summed E-state index contributed by atoms with van der Waals surface area (Å²) in [4.78, 5) is 4.12. The van der Waals surface area contributed by atoms with Gasteiger partial charge >= 0.3 is 0 Å². The van der Waals surface area contributed by atoms with Crippen LogP contribution in [0.5, 0.6) is 11.5 Å². The first-order chi connectivity index (χ1) is 16.5. The van der Waals surface area contributed by atoms with Gasteiger partial charge in [-0.15, -0.1) is 0 Å². The van der Waals surface area contributed by atoms with Crippen LogP contribution >= 0.6 is 0 Å². The van der Waals surface area contributed by atoms with Crippen molar-refractivity contribution in [3.63, 3.8) is 0 Å². The van der Waals surface area contributed by atoms with Crippen LogP contribution in [0.1, 0.15) is 79.5 Å². The molecular weight excluding hydrogens is 430 g/mol. The number of aryl methyl sites for hydroxylation is 1. The predicted octanol–water partition coefficient (Wildman–Crippen LogP) is 7.60. The molecule has 0 aliphatic rings. The van der Waals surface area contributed by atoms with Gasteiger partial charge in [0.1, 0.15) is 11.5 Å². The summed E-state index contributed by atoms with van der Waals surface area (Å²) in [6.45, 7) is 13.0. The average molecular weight is 466 g/mol. The molecule has 0 spiro atoms. The lowest BCUT2D eigenvalue weighted by molar-refractivity contribution is 0.465. The Balaban J connectivity index is 1.73. The number of nitrogens with zero attached hydrogens (tertiary/aromatic N) is 1. The molecule has 0 saturated heterocycles. The number of phenols is 2. The Morgan fingerprint density at radius 1 is 0.657 bits per heavy atom. The lowest BCUT2D eigenvalue weighted by Gasteiger charge is -2.31. The van der Waals surface area contributed by atoms with Gasteiger partial charge in [-0.1, -0.05) is 83.1 Å². The average Bonchev–Trinajstić information content (AvgIpc) is 2.86. The van der Waals surface area contributed by atoms with E-state index in [-0.39, 0.29) is 16.7 Å². The summed E-state index contributed by atoms with van der Waals surface area (Å²) in [5.41, 5.74) is 7.19. The van der Waals surface area contributed by atoms with Crippen molar-refractivity contribution in [2.75, 3.05) is 0 Å². The third-order valence-corrected chi connectivity index (χ3v) is 7.65. The van der Waals surface area contributed by atoms with Gasteiger partial charge in [0, 0.05) is 34.7 Å². The highest BCUT2D eigenvalue weighted by atomic mass is 16.3. The van der Waals surface area contributed by atoms with E-state index in [1.807, 2.05) is 37.3 Å². The molecule has 3 heteroatoms. The lowest BCUT2D eigenvalue weighted by atomic mass is 9.72. The van der Waals surface area contributed by atoms with E-state index in [0.717, 1.165) is 22.3 Å². The minimum Gasteiger partial charge on any atom is -0.508 e. The van der Waals surface area contributed by atoms with Crippen LogP contribution in [-0.2, 0) is 10.8 Å². The van der Waals surface area contributed by atoms with E-state index in [1.54, 1.807) is 18.5 Å². The molecule has 0 aliphatic carbocycles. The highest BCUT2D eigenvalue weighted by Crippen LogP contribution is 2.40. The fourth-order valence-electron chi connectivity index (χ4n) is 4.80. The number of benzene rings is 3. The van der Waals surface area contributed by atoms with Crippen molar-refractivity contribution in [1.29, 1.82) is 0 Å². The molecule has 2 N–H and O–H groups in total. The van der Waals surface area contributed by atoms with Crippen molar-refractivity contribution in [3.05, 3.63) is 124 Å². The quantitative estimate of drug-likeness (QED) is 0.308.